The van der Waals surface area contributed by atoms with E-state index >= 15 is 0 Å². The highest BCUT2D eigenvalue weighted by Crippen LogP contribution is 2.33. The lowest BCUT2D eigenvalue weighted by molar-refractivity contribution is -0.0385. The first-order valence-electron chi connectivity index (χ1n) is 7.03. The van der Waals surface area contributed by atoms with Crippen molar-refractivity contribution in [2.45, 2.75) is 58.1 Å². The first-order chi connectivity index (χ1) is 8.63. The molecule has 0 fully saturated rings. The lowest BCUT2D eigenvalue weighted by Crippen LogP contribution is -2.42. The SMILES string of the molecule is CCCc1ccc(C(N)C(CC)(CC)OC)cc1. The average Bonchev–Trinajstić information content (AvgIpc) is 2.42. The van der Waals surface area contributed by atoms with Crippen molar-refractivity contribution >= 4 is 0 Å². The van der Waals surface area contributed by atoms with Gasteiger partial charge in [-0.15, -0.1) is 0 Å². The van der Waals surface area contributed by atoms with Crippen LogP contribution in [-0.2, 0) is 11.2 Å². The molecule has 0 aliphatic rings. The van der Waals surface area contributed by atoms with Crippen LogP contribution in [0.15, 0.2) is 24.3 Å². The van der Waals surface area contributed by atoms with E-state index in [1.54, 1.807) is 7.11 Å². The fraction of sp³-hybridized carbons (Fsp3) is 0.625. The van der Waals surface area contributed by atoms with Gasteiger partial charge in [0.15, 0.2) is 0 Å². The van der Waals surface area contributed by atoms with Crippen molar-refractivity contribution in [2.75, 3.05) is 7.11 Å². The second kappa shape index (κ2) is 6.91. The van der Waals surface area contributed by atoms with E-state index in [0.717, 1.165) is 19.3 Å². The highest BCUT2D eigenvalue weighted by molar-refractivity contribution is 5.27. The Bertz CT molecular complexity index is 332. The Morgan fingerprint density at radius 1 is 1.11 bits per heavy atom. The second-order valence-corrected chi connectivity index (χ2v) is 4.95. The summed E-state index contributed by atoms with van der Waals surface area (Å²) in [6.45, 7) is 6.47. The standard InChI is InChI=1S/C16H27NO/c1-5-8-13-9-11-14(12-10-13)15(17)16(6-2,7-3)18-4/h9-12,15H,5-8,17H2,1-4H3. The molecule has 0 aromatic heterocycles. The number of nitrogens with two attached hydrogens (primary N) is 1. The summed E-state index contributed by atoms with van der Waals surface area (Å²) in [5.74, 6) is 0. The lowest BCUT2D eigenvalue weighted by atomic mass is 9.84. The first kappa shape index (κ1) is 15.2. The average molecular weight is 249 g/mol. The van der Waals surface area contributed by atoms with E-state index in [2.05, 4.69) is 45.0 Å². The molecule has 2 nitrogen and oxygen atoms in total. The zero-order valence-corrected chi connectivity index (χ0v) is 12.2. The van der Waals surface area contributed by atoms with Crippen LogP contribution in [0.4, 0.5) is 0 Å². The minimum Gasteiger partial charge on any atom is -0.376 e. The summed E-state index contributed by atoms with van der Waals surface area (Å²) in [7, 11) is 1.76. The molecule has 1 aromatic carbocycles. The van der Waals surface area contributed by atoms with Gasteiger partial charge in [-0.3, -0.25) is 0 Å². The van der Waals surface area contributed by atoms with Crippen LogP contribution >= 0.6 is 0 Å². The zero-order chi connectivity index (χ0) is 13.6. The van der Waals surface area contributed by atoms with Gasteiger partial charge in [-0.1, -0.05) is 51.5 Å². The maximum absolute atomic E-state index is 6.40. The van der Waals surface area contributed by atoms with Crippen molar-refractivity contribution in [2.24, 2.45) is 5.73 Å². The third-order valence-corrected chi connectivity index (χ3v) is 4.05. The van der Waals surface area contributed by atoms with Crippen molar-refractivity contribution in [3.8, 4) is 0 Å². The molecule has 0 radical (unpaired) electrons. The molecule has 1 unspecified atom stereocenters. The van der Waals surface area contributed by atoms with Gasteiger partial charge in [0.1, 0.15) is 0 Å². The number of ether oxygens (including phenoxy) is 1. The number of methoxy groups -OCH3 is 1. The molecule has 0 heterocycles. The molecule has 18 heavy (non-hydrogen) atoms. The van der Waals surface area contributed by atoms with E-state index in [4.69, 9.17) is 10.5 Å². The molecule has 0 amide bonds. The summed E-state index contributed by atoms with van der Waals surface area (Å²) in [6.07, 6.45) is 4.17. The fourth-order valence-electron chi connectivity index (χ4n) is 2.59. The molecule has 2 N–H and O–H groups in total. The van der Waals surface area contributed by atoms with Gasteiger partial charge in [0.2, 0.25) is 0 Å². The largest absolute Gasteiger partial charge is 0.376 e. The summed E-state index contributed by atoms with van der Waals surface area (Å²) < 4.78 is 5.71. The summed E-state index contributed by atoms with van der Waals surface area (Å²) in [5.41, 5.74) is 8.71. The Morgan fingerprint density at radius 2 is 1.67 bits per heavy atom. The van der Waals surface area contributed by atoms with E-state index in [9.17, 15) is 0 Å². The van der Waals surface area contributed by atoms with Crippen LogP contribution in [0.5, 0.6) is 0 Å². The summed E-state index contributed by atoms with van der Waals surface area (Å²) in [6, 6.07) is 8.60. The van der Waals surface area contributed by atoms with Crippen molar-refractivity contribution in [3.05, 3.63) is 35.4 Å². The van der Waals surface area contributed by atoms with Crippen molar-refractivity contribution < 1.29 is 4.74 Å². The predicted molar refractivity (Wildman–Crippen MR) is 77.7 cm³/mol. The molecular formula is C16H27NO. The molecule has 0 saturated carbocycles. The highest BCUT2D eigenvalue weighted by atomic mass is 16.5. The molecule has 0 aliphatic carbocycles. The zero-order valence-electron chi connectivity index (χ0n) is 12.2. The molecule has 0 spiro atoms. The van der Waals surface area contributed by atoms with E-state index in [1.165, 1.54) is 17.5 Å². The Hall–Kier alpha value is -0.860. The van der Waals surface area contributed by atoms with Crippen molar-refractivity contribution in [3.63, 3.8) is 0 Å². The van der Waals surface area contributed by atoms with Gasteiger partial charge >= 0.3 is 0 Å². The molecule has 1 rings (SSSR count). The number of aryl methyl sites for hydroxylation is 1. The number of hydrogen-bond donors (Lipinski definition) is 1. The number of benzene rings is 1. The van der Waals surface area contributed by atoms with Gasteiger partial charge in [0.05, 0.1) is 11.6 Å². The number of hydrogen-bond acceptors (Lipinski definition) is 2. The van der Waals surface area contributed by atoms with Gasteiger partial charge < -0.3 is 10.5 Å². The Labute approximate surface area is 112 Å². The van der Waals surface area contributed by atoms with Crippen molar-refractivity contribution in [1.29, 1.82) is 0 Å². The topological polar surface area (TPSA) is 35.2 Å². The molecule has 0 saturated heterocycles. The lowest BCUT2D eigenvalue weighted by Gasteiger charge is -2.36. The van der Waals surface area contributed by atoms with E-state index in [0.29, 0.717) is 0 Å². The minimum absolute atomic E-state index is 0.0619. The monoisotopic (exact) mass is 249 g/mol. The van der Waals surface area contributed by atoms with Gasteiger partial charge in [-0.25, -0.2) is 0 Å². The molecule has 1 aromatic rings. The highest BCUT2D eigenvalue weighted by Gasteiger charge is 2.34. The molecule has 2 heteroatoms. The summed E-state index contributed by atoms with van der Waals surface area (Å²) >= 11 is 0. The van der Waals surface area contributed by atoms with Crippen LogP contribution in [0.2, 0.25) is 0 Å². The molecule has 102 valence electrons. The van der Waals surface area contributed by atoms with Gasteiger partial charge in [0.25, 0.3) is 0 Å². The maximum atomic E-state index is 6.40. The number of rotatable bonds is 7. The molecular weight excluding hydrogens is 222 g/mol. The third-order valence-electron chi connectivity index (χ3n) is 4.05. The van der Waals surface area contributed by atoms with E-state index in [1.807, 2.05) is 0 Å². The quantitative estimate of drug-likeness (QED) is 0.796. The summed E-state index contributed by atoms with van der Waals surface area (Å²) in [4.78, 5) is 0. The first-order valence-corrected chi connectivity index (χ1v) is 7.03. The van der Waals surface area contributed by atoms with Gasteiger partial charge in [0, 0.05) is 7.11 Å². The molecule has 0 bridgehead atoms. The maximum Gasteiger partial charge on any atom is 0.0865 e. The smallest absolute Gasteiger partial charge is 0.0865 e. The normalized spacial score (nSPS) is 13.6. The molecule has 0 aliphatic heterocycles. The van der Waals surface area contributed by atoms with Crippen LogP contribution in [-0.4, -0.2) is 12.7 Å². The Morgan fingerprint density at radius 3 is 2.06 bits per heavy atom. The van der Waals surface area contributed by atoms with Gasteiger partial charge in [-0.05, 0) is 30.4 Å². The third kappa shape index (κ3) is 3.12. The van der Waals surface area contributed by atoms with E-state index < -0.39 is 0 Å². The fourth-order valence-corrected chi connectivity index (χ4v) is 2.59. The minimum atomic E-state index is -0.244. The van der Waals surface area contributed by atoms with Crippen LogP contribution < -0.4 is 5.73 Å². The van der Waals surface area contributed by atoms with Crippen LogP contribution in [0, 0.1) is 0 Å². The van der Waals surface area contributed by atoms with Crippen LogP contribution in [0.25, 0.3) is 0 Å². The van der Waals surface area contributed by atoms with Crippen LogP contribution in [0.1, 0.15) is 57.2 Å². The van der Waals surface area contributed by atoms with E-state index in [-0.39, 0.29) is 11.6 Å². The second-order valence-electron chi connectivity index (χ2n) is 4.95. The summed E-state index contributed by atoms with van der Waals surface area (Å²) in [5, 5.41) is 0. The van der Waals surface area contributed by atoms with Crippen LogP contribution in [0.3, 0.4) is 0 Å². The van der Waals surface area contributed by atoms with Crippen molar-refractivity contribution in [1.82, 2.24) is 0 Å². The molecule has 1 atom stereocenters. The predicted octanol–water partition coefficient (Wildman–Crippen LogP) is 3.84. The Balaban J connectivity index is 2.91. The Kier molecular flexibility index (Phi) is 5.83. The van der Waals surface area contributed by atoms with Gasteiger partial charge in [-0.2, -0.15) is 0 Å².